The highest BCUT2D eigenvalue weighted by Crippen LogP contribution is 1.83. The first-order chi connectivity index (χ1) is 7.91. The number of ether oxygens (including phenoxy) is 1. The number of carbonyl (C=O) groups excluding carboxylic acids is 2. The zero-order valence-electron chi connectivity index (χ0n) is 9.99. The molecule has 0 saturated carbocycles. The van der Waals surface area contributed by atoms with Gasteiger partial charge in [-0.3, -0.25) is 9.59 Å². The molecule has 0 unspecified atom stereocenters. The topological polar surface area (TPSA) is 105 Å². The van der Waals surface area contributed by atoms with Gasteiger partial charge in [-0.1, -0.05) is 0 Å². The minimum atomic E-state index is -1.13. The molecule has 7 nitrogen and oxygen atoms in total. The molecular weight excluding hydrogens is 228 g/mol. The zero-order valence-corrected chi connectivity index (χ0v) is 9.99. The molecule has 0 bridgehead atoms. The molecule has 0 aromatic heterocycles. The van der Waals surface area contributed by atoms with E-state index >= 15 is 0 Å². The lowest BCUT2D eigenvalue weighted by Gasteiger charge is -2.08. The van der Waals surface area contributed by atoms with Gasteiger partial charge in [-0.05, 0) is 13.8 Å². The van der Waals surface area contributed by atoms with Crippen molar-refractivity contribution in [3.05, 3.63) is 0 Å². The van der Waals surface area contributed by atoms with Crippen LogP contribution in [0.25, 0.3) is 0 Å². The van der Waals surface area contributed by atoms with Gasteiger partial charge in [0, 0.05) is 19.0 Å². The molecule has 98 valence electrons. The Balaban J connectivity index is 3.51. The van der Waals surface area contributed by atoms with Gasteiger partial charge in [0.15, 0.2) is 0 Å². The van der Waals surface area contributed by atoms with Gasteiger partial charge in [0.25, 0.3) is 0 Å². The van der Waals surface area contributed by atoms with E-state index < -0.39 is 18.5 Å². The van der Waals surface area contributed by atoms with E-state index in [9.17, 15) is 14.4 Å². The smallest absolute Gasteiger partial charge is 0.329 e. The van der Waals surface area contributed by atoms with Crippen LogP contribution >= 0.6 is 0 Å². The number of carbonyl (C=O) groups is 3. The molecule has 0 atom stereocenters. The second kappa shape index (κ2) is 8.51. The fourth-order valence-electron chi connectivity index (χ4n) is 0.992. The Labute approximate surface area is 99.5 Å². The molecule has 0 aliphatic rings. The highest BCUT2D eigenvalue weighted by Gasteiger charge is 2.06. The quantitative estimate of drug-likeness (QED) is 0.516. The van der Waals surface area contributed by atoms with Gasteiger partial charge in [0.1, 0.15) is 13.2 Å². The van der Waals surface area contributed by atoms with Gasteiger partial charge in [-0.2, -0.15) is 0 Å². The Kier molecular flexibility index (Phi) is 7.70. The summed E-state index contributed by atoms with van der Waals surface area (Å²) in [6.07, 6.45) is 0.183. The molecule has 17 heavy (non-hydrogen) atoms. The number of carboxylic acid groups (broad SMARTS) is 1. The molecule has 7 heteroatoms. The van der Waals surface area contributed by atoms with Crippen LogP contribution in [0, 0.1) is 0 Å². The summed E-state index contributed by atoms with van der Waals surface area (Å²) in [5.74, 6) is -1.72. The van der Waals surface area contributed by atoms with E-state index in [0.29, 0.717) is 0 Å². The Morgan fingerprint density at radius 3 is 2.35 bits per heavy atom. The van der Waals surface area contributed by atoms with Gasteiger partial charge < -0.3 is 20.5 Å². The average Bonchev–Trinajstić information content (AvgIpc) is 2.15. The lowest BCUT2D eigenvalue weighted by molar-refractivity contribution is -0.143. The third kappa shape index (κ3) is 10.6. The van der Waals surface area contributed by atoms with Crippen LogP contribution in [0.5, 0.6) is 0 Å². The fraction of sp³-hybridized carbons (Fsp3) is 0.700. The maximum absolute atomic E-state index is 11.2. The van der Waals surface area contributed by atoms with E-state index in [1.165, 1.54) is 0 Å². The van der Waals surface area contributed by atoms with Crippen LogP contribution in [0.15, 0.2) is 0 Å². The minimum absolute atomic E-state index is 0.0668. The molecule has 0 fully saturated rings. The fourth-order valence-corrected chi connectivity index (χ4v) is 0.992. The number of nitrogens with one attached hydrogen (secondary N) is 2. The molecular formula is C10H18N2O5. The predicted octanol–water partition coefficient (Wildman–Crippen LogP) is -0.881. The number of hydrogen-bond donors (Lipinski definition) is 3. The summed E-state index contributed by atoms with van der Waals surface area (Å²) >= 11 is 0. The van der Waals surface area contributed by atoms with Gasteiger partial charge in [-0.25, -0.2) is 4.79 Å². The first-order valence-corrected chi connectivity index (χ1v) is 5.27. The number of hydrogen-bond acceptors (Lipinski definition) is 4. The number of carboxylic acids is 1. The molecule has 2 amide bonds. The summed E-state index contributed by atoms with van der Waals surface area (Å²) < 4.78 is 4.57. The maximum atomic E-state index is 11.2. The lowest BCUT2D eigenvalue weighted by atomic mass is 10.3. The van der Waals surface area contributed by atoms with Crippen LogP contribution in [-0.2, 0) is 19.1 Å². The molecule has 0 aliphatic carbocycles. The minimum Gasteiger partial charge on any atom is -0.480 e. The van der Waals surface area contributed by atoms with E-state index in [1.54, 1.807) is 0 Å². The van der Waals surface area contributed by atoms with E-state index in [-0.39, 0.29) is 31.5 Å². The third-order valence-electron chi connectivity index (χ3n) is 1.58. The average molecular weight is 246 g/mol. The Morgan fingerprint density at radius 2 is 1.82 bits per heavy atom. The zero-order chi connectivity index (χ0) is 13.3. The second-order valence-corrected chi connectivity index (χ2v) is 3.71. The van der Waals surface area contributed by atoms with Crippen molar-refractivity contribution in [3.8, 4) is 0 Å². The van der Waals surface area contributed by atoms with E-state index in [1.807, 2.05) is 13.8 Å². The summed E-state index contributed by atoms with van der Waals surface area (Å²) in [5.41, 5.74) is 0. The van der Waals surface area contributed by atoms with Crippen molar-refractivity contribution in [2.24, 2.45) is 0 Å². The normalized spacial score (nSPS) is 10.1. The lowest BCUT2D eigenvalue weighted by Crippen LogP contribution is -2.35. The largest absolute Gasteiger partial charge is 0.480 e. The van der Waals surface area contributed by atoms with Gasteiger partial charge >= 0.3 is 5.97 Å². The Bertz CT molecular complexity index is 278. The van der Waals surface area contributed by atoms with Crippen molar-refractivity contribution < 1.29 is 24.2 Å². The van der Waals surface area contributed by atoms with E-state index in [2.05, 4.69) is 15.4 Å². The highest BCUT2D eigenvalue weighted by atomic mass is 16.5. The van der Waals surface area contributed by atoms with Crippen molar-refractivity contribution in [2.45, 2.75) is 26.3 Å². The maximum Gasteiger partial charge on any atom is 0.329 e. The van der Waals surface area contributed by atoms with Crippen LogP contribution in [0.3, 0.4) is 0 Å². The molecule has 0 aromatic rings. The third-order valence-corrected chi connectivity index (χ3v) is 1.58. The van der Waals surface area contributed by atoms with E-state index in [0.717, 1.165) is 0 Å². The summed E-state index contributed by atoms with van der Waals surface area (Å²) in [7, 11) is 0. The standard InChI is InChI=1S/C10H18N2O5/c1-7(2)12-8(13)3-4-11-9(14)5-17-6-10(15)16/h7H,3-6H2,1-2H3,(H,11,14)(H,12,13)(H,15,16). The number of aliphatic carboxylic acids is 1. The monoisotopic (exact) mass is 246 g/mol. The Hall–Kier alpha value is -1.63. The van der Waals surface area contributed by atoms with Gasteiger partial charge in [-0.15, -0.1) is 0 Å². The molecule has 0 aliphatic heterocycles. The van der Waals surface area contributed by atoms with Crippen molar-refractivity contribution in [1.82, 2.24) is 10.6 Å². The van der Waals surface area contributed by atoms with E-state index in [4.69, 9.17) is 5.11 Å². The van der Waals surface area contributed by atoms with Gasteiger partial charge in [0.05, 0.1) is 0 Å². The first-order valence-electron chi connectivity index (χ1n) is 5.27. The molecule has 0 aromatic carbocycles. The van der Waals surface area contributed by atoms with Crippen LogP contribution in [0.2, 0.25) is 0 Å². The summed E-state index contributed by atoms with van der Waals surface area (Å²) in [6.45, 7) is 3.06. The first kappa shape index (κ1) is 15.4. The molecule has 0 heterocycles. The predicted molar refractivity (Wildman–Crippen MR) is 59.4 cm³/mol. The number of rotatable bonds is 8. The van der Waals surface area contributed by atoms with Crippen LogP contribution in [0.1, 0.15) is 20.3 Å². The second-order valence-electron chi connectivity index (χ2n) is 3.71. The van der Waals surface area contributed by atoms with Crippen molar-refractivity contribution in [3.63, 3.8) is 0 Å². The van der Waals surface area contributed by atoms with Crippen LogP contribution in [0.4, 0.5) is 0 Å². The Morgan fingerprint density at radius 1 is 1.18 bits per heavy atom. The summed E-state index contributed by atoms with van der Waals surface area (Å²) in [5, 5.41) is 13.4. The van der Waals surface area contributed by atoms with Crippen molar-refractivity contribution >= 4 is 17.8 Å². The molecule has 3 N–H and O–H groups in total. The summed E-state index contributed by atoms with van der Waals surface area (Å²) in [4.78, 5) is 32.3. The molecule has 0 radical (unpaired) electrons. The van der Waals surface area contributed by atoms with Gasteiger partial charge in [0.2, 0.25) is 11.8 Å². The SMILES string of the molecule is CC(C)NC(=O)CCNC(=O)COCC(=O)O. The van der Waals surface area contributed by atoms with Crippen molar-refractivity contribution in [1.29, 1.82) is 0 Å². The molecule has 0 saturated heterocycles. The highest BCUT2D eigenvalue weighted by molar-refractivity contribution is 5.80. The van der Waals surface area contributed by atoms with Crippen LogP contribution < -0.4 is 10.6 Å². The van der Waals surface area contributed by atoms with Crippen LogP contribution in [-0.4, -0.2) is 48.7 Å². The molecule has 0 rings (SSSR count). The number of amides is 2. The van der Waals surface area contributed by atoms with Crippen molar-refractivity contribution in [2.75, 3.05) is 19.8 Å². The summed E-state index contributed by atoms with van der Waals surface area (Å²) in [6, 6.07) is 0.0668. The molecule has 0 spiro atoms.